The van der Waals surface area contributed by atoms with Crippen LogP contribution in [0.2, 0.25) is 0 Å². The Kier molecular flexibility index (Phi) is 4.97. The molecule has 0 atom stereocenters. The minimum Gasteiger partial charge on any atom is -1.00 e. The van der Waals surface area contributed by atoms with E-state index in [1.165, 1.54) is 4.88 Å². The van der Waals surface area contributed by atoms with Gasteiger partial charge < -0.3 is 17.4 Å². The van der Waals surface area contributed by atoms with Crippen molar-refractivity contribution in [1.82, 2.24) is 9.55 Å². The number of azo groups is 1. The van der Waals surface area contributed by atoms with E-state index in [1.54, 1.807) is 11.3 Å². The summed E-state index contributed by atoms with van der Waals surface area (Å²) in [6, 6.07) is 18.4. The van der Waals surface area contributed by atoms with Gasteiger partial charge in [0.25, 0.3) is 0 Å². The van der Waals surface area contributed by atoms with E-state index < -0.39 is 0 Å². The molecule has 0 radical (unpaired) electrons. The molecule has 25 heavy (non-hydrogen) atoms. The molecule has 0 amide bonds. The van der Waals surface area contributed by atoms with E-state index in [0.717, 1.165) is 33.0 Å². The van der Waals surface area contributed by atoms with Gasteiger partial charge in [-0.2, -0.15) is 0 Å². The third kappa shape index (κ3) is 3.34. The molecular formula is C19H17ClN4S. The van der Waals surface area contributed by atoms with E-state index in [4.69, 9.17) is 0 Å². The fourth-order valence-electron chi connectivity index (χ4n) is 2.80. The molecule has 0 unspecified atom stereocenters. The van der Waals surface area contributed by atoms with E-state index in [1.807, 2.05) is 41.9 Å². The van der Waals surface area contributed by atoms with Gasteiger partial charge in [-0.05, 0) is 11.2 Å². The molecule has 2 aromatic carbocycles. The van der Waals surface area contributed by atoms with Crippen LogP contribution in [0.1, 0.15) is 4.88 Å². The molecule has 0 aliphatic rings. The number of aromatic amines is 1. The summed E-state index contributed by atoms with van der Waals surface area (Å²) in [5.74, 6) is 0. The van der Waals surface area contributed by atoms with Crippen LogP contribution < -0.4 is 12.4 Å². The number of nitrogens with zero attached hydrogens (tertiary/aromatic N) is 3. The van der Waals surface area contributed by atoms with Crippen LogP contribution in [-0.4, -0.2) is 9.55 Å². The summed E-state index contributed by atoms with van der Waals surface area (Å²) in [5.41, 5.74) is 4.05. The van der Waals surface area contributed by atoms with Crippen molar-refractivity contribution in [2.75, 3.05) is 0 Å². The monoisotopic (exact) mass is 368 g/mol. The molecule has 126 valence electrons. The molecule has 0 fully saturated rings. The summed E-state index contributed by atoms with van der Waals surface area (Å²) >= 11 is 1.64. The summed E-state index contributed by atoms with van der Waals surface area (Å²) in [5, 5.41) is 11.1. The first-order chi connectivity index (χ1) is 11.7. The number of aromatic nitrogens is 2. The summed E-state index contributed by atoms with van der Waals surface area (Å²) in [4.78, 5) is 4.70. The highest BCUT2D eigenvalue weighted by Gasteiger charge is 2.14. The number of H-pyrrole nitrogens is 1. The molecule has 2 aromatic heterocycles. The van der Waals surface area contributed by atoms with Crippen molar-refractivity contribution in [1.29, 1.82) is 0 Å². The summed E-state index contributed by atoms with van der Waals surface area (Å²) < 4.78 is 2.00. The van der Waals surface area contributed by atoms with Crippen LogP contribution in [0.15, 0.2) is 71.0 Å². The van der Waals surface area contributed by atoms with E-state index in [-0.39, 0.29) is 12.4 Å². The number of benzene rings is 2. The molecule has 0 aliphatic heterocycles. The lowest BCUT2D eigenvalue weighted by Crippen LogP contribution is -3.00. The fraction of sp³-hybridized carbons (Fsp3) is 0.105. The van der Waals surface area contributed by atoms with E-state index in [9.17, 15) is 0 Å². The molecule has 0 bridgehead atoms. The third-order valence-electron chi connectivity index (χ3n) is 3.91. The van der Waals surface area contributed by atoms with Crippen LogP contribution in [0.25, 0.3) is 22.2 Å². The van der Waals surface area contributed by atoms with Crippen molar-refractivity contribution in [3.63, 3.8) is 0 Å². The zero-order valence-electron chi connectivity index (χ0n) is 13.9. The van der Waals surface area contributed by atoms with Gasteiger partial charge in [0, 0.05) is 30.4 Å². The van der Waals surface area contributed by atoms with Crippen molar-refractivity contribution in [2.24, 2.45) is 17.3 Å². The first-order valence-corrected chi connectivity index (χ1v) is 8.58. The van der Waals surface area contributed by atoms with Crippen LogP contribution in [0.4, 0.5) is 10.8 Å². The lowest BCUT2D eigenvalue weighted by molar-refractivity contribution is -0.00000485. The van der Waals surface area contributed by atoms with Crippen LogP contribution in [0.5, 0.6) is 0 Å². The quantitative estimate of drug-likeness (QED) is 0.426. The number of thiazole rings is 1. The summed E-state index contributed by atoms with van der Waals surface area (Å²) in [6.07, 6.45) is 2.06. The maximum absolute atomic E-state index is 4.60. The highest BCUT2D eigenvalue weighted by molar-refractivity contribution is 7.15. The highest BCUT2D eigenvalue weighted by atomic mass is 35.5. The zero-order chi connectivity index (χ0) is 16.5. The Morgan fingerprint density at radius 3 is 2.48 bits per heavy atom. The largest absolute Gasteiger partial charge is 1.00 e. The van der Waals surface area contributed by atoms with E-state index in [2.05, 4.69) is 52.6 Å². The maximum atomic E-state index is 4.60. The number of hydrogen-bond donors (Lipinski definition) is 1. The first-order valence-electron chi connectivity index (χ1n) is 7.76. The Hall–Kier alpha value is -2.50. The minimum absolute atomic E-state index is 0. The number of aryl methyl sites for hydroxylation is 2. The van der Waals surface area contributed by atoms with E-state index in [0.29, 0.717) is 0 Å². The summed E-state index contributed by atoms with van der Waals surface area (Å²) in [7, 11) is 1.99. The summed E-state index contributed by atoms with van der Waals surface area (Å²) in [6.45, 7) is 2.07. The Morgan fingerprint density at radius 1 is 1.04 bits per heavy atom. The number of halogens is 1. The molecule has 0 aliphatic carbocycles. The second-order valence-electron chi connectivity index (χ2n) is 5.70. The smallest absolute Gasteiger partial charge is 0.317 e. The number of rotatable bonds is 3. The van der Waals surface area contributed by atoms with Gasteiger partial charge in [-0.25, -0.2) is 4.57 Å². The Morgan fingerprint density at radius 2 is 1.76 bits per heavy atom. The molecule has 4 nitrogen and oxygen atoms in total. The van der Waals surface area contributed by atoms with Gasteiger partial charge in [-0.1, -0.05) is 48.5 Å². The molecule has 0 saturated heterocycles. The highest BCUT2D eigenvalue weighted by Crippen LogP contribution is 2.38. The van der Waals surface area contributed by atoms with Crippen molar-refractivity contribution < 1.29 is 12.4 Å². The average Bonchev–Trinajstić information content (AvgIpc) is 3.13. The predicted octanol–water partition coefficient (Wildman–Crippen LogP) is 3.24. The molecular weight excluding hydrogens is 352 g/mol. The van der Waals surface area contributed by atoms with Crippen LogP contribution >= 0.6 is 11.3 Å². The van der Waals surface area contributed by atoms with Crippen LogP contribution in [-0.2, 0) is 7.05 Å². The molecule has 0 spiro atoms. The SMILES string of the molecule is Cc1cn(C)[c+](N=Nc2c(-c3ccccc3)[nH]c3ccccc23)s1.[Cl-]. The van der Waals surface area contributed by atoms with Crippen LogP contribution in [0, 0.1) is 6.92 Å². The van der Waals surface area contributed by atoms with Gasteiger partial charge in [-0.3, -0.25) is 0 Å². The van der Waals surface area contributed by atoms with Crippen LogP contribution in [0.3, 0.4) is 0 Å². The first kappa shape index (κ1) is 17.3. The lowest BCUT2D eigenvalue weighted by Gasteiger charge is -1.99. The molecule has 2 heterocycles. The predicted molar refractivity (Wildman–Crippen MR) is 100 cm³/mol. The Balaban J connectivity index is 0.00000182. The van der Waals surface area contributed by atoms with E-state index >= 15 is 0 Å². The minimum atomic E-state index is 0. The zero-order valence-corrected chi connectivity index (χ0v) is 15.5. The topological polar surface area (TPSA) is 45.4 Å². The number of fused-ring (bicyclic) bond motifs is 1. The third-order valence-corrected chi connectivity index (χ3v) is 4.89. The van der Waals surface area contributed by atoms with Crippen molar-refractivity contribution in [3.8, 4) is 11.3 Å². The van der Waals surface area contributed by atoms with Crippen molar-refractivity contribution in [2.45, 2.75) is 6.92 Å². The van der Waals surface area contributed by atoms with Gasteiger partial charge in [0.2, 0.25) is 0 Å². The normalized spacial score (nSPS) is 11.1. The fourth-order valence-corrected chi connectivity index (χ4v) is 3.58. The van der Waals surface area contributed by atoms with Gasteiger partial charge in [0.05, 0.1) is 17.0 Å². The van der Waals surface area contributed by atoms with Gasteiger partial charge in [0.1, 0.15) is 5.69 Å². The van der Waals surface area contributed by atoms with Gasteiger partial charge in [-0.15, -0.1) is 5.11 Å². The van der Waals surface area contributed by atoms with Crippen molar-refractivity contribution in [3.05, 3.63) is 65.7 Å². The number of hydrogen-bond acceptors (Lipinski definition) is 3. The Bertz CT molecular complexity index is 1030. The number of para-hydroxylation sites is 1. The van der Waals surface area contributed by atoms with Crippen molar-refractivity contribution >= 4 is 33.1 Å². The molecule has 4 rings (SSSR count). The standard InChI is InChI=1S/C19H17N4S.ClH/c1-13-12-23(2)19(24-13)22-21-18-15-10-6-7-11-16(15)20-17(18)14-8-4-3-5-9-14;/h3-12,20H,1-2H3;1H/q+1;/p-1. The second-order valence-corrected chi connectivity index (χ2v) is 6.91. The maximum Gasteiger partial charge on any atom is 0.317 e. The molecule has 4 aromatic rings. The molecule has 0 saturated carbocycles. The Labute approximate surface area is 156 Å². The molecule has 6 heteroatoms. The van der Waals surface area contributed by atoms with Gasteiger partial charge >= 0.3 is 5.13 Å². The number of nitrogens with one attached hydrogen (secondary N) is 1. The molecule has 1 N–H and O–H groups in total. The lowest BCUT2D eigenvalue weighted by atomic mass is 10.1. The van der Waals surface area contributed by atoms with Gasteiger partial charge in [0.15, 0.2) is 11.1 Å². The average molecular weight is 369 g/mol. The second kappa shape index (κ2) is 7.17.